The van der Waals surface area contributed by atoms with Gasteiger partial charge in [0.25, 0.3) is 0 Å². The summed E-state index contributed by atoms with van der Waals surface area (Å²) in [5.41, 5.74) is 14.4. The van der Waals surface area contributed by atoms with Crippen molar-refractivity contribution in [3.8, 4) is 33.4 Å². The first-order chi connectivity index (χ1) is 17.8. The fraction of sp³-hybridized carbons (Fsp3) is 0.333. The monoisotopic (exact) mass is 484 g/mol. The summed E-state index contributed by atoms with van der Waals surface area (Å²) in [7, 11) is 7.24. The van der Waals surface area contributed by atoms with Crippen LogP contribution in [-0.4, -0.2) is 7.85 Å². The van der Waals surface area contributed by atoms with Crippen molar-refractivity contribution >= 4 is 7.85 Å². The number of benzene rings is 4. The normalized spacial score (nSPS) is 12.9. The Hall–Kier alpha value is -3.06. The lowest BCUT2D eigenvalue weighted by Crippen LogP contribution is -2.29. The average Bonchev–Trinajstić information content (AvgIpc) is 2.92. The first-order valence-corrected chi connectivity index (χ1v) is 14.0. The second kappa shape index (κ2) is 11.6. The molecule has 0 aliphatic rings. The van der Waals surface area contributed by atoms with Crippen LogP contribution in [-0.2, 0) is 5.31 Å². The van der Waals surface area contributed by atoms with Gasteiger partial charge in [0, 0.05) is 0 Å². The summed E-state index contributed by atoms with van der Waals surface area (Å²) in [4.78, 5) is 0. The van der Waals surface area contributed by atoms with E-state index in [1.807, 2.05) is 0 Å². The van der Waals surface area contributed by atoms with E-state index in [0.717, 1.165) is 25.7 Å². The molecule has 0 nitrogen and oxygen atoms in total. The minimum absolute atomic E-state index is 0.270. The van der Waals surface area contributed by atoms with Gasteiger partial charge in [0.1, 0.15) is 0 Å². The zero-order chi connectivity index (χ0) is 26.6. The number of hydrogen-bond acceptors (Lipinski definition) is 0. The van der Waals surface area contributed by atoms with Gasteiger partial charge in [-0.1, -0.05) is 107 Å². The molecule has 1 heteroatoms. The molecule has 4 rings (SSSR count). The van der Waals surface area contributed by atoms with Crippen molar-refractivity contribution in [1.29, 1.82) is 0 Å². The molecule has 0 bridgehead atoms. The van der Waals surface area contributed by atoms with Crippen molar-refractivity contribution in [3.63, 3.8) is 0 Å². The van der Waals surface area contributed by atoms with Crippen LogP contribution >= 0.6 is 0 Å². The lowest BCUT2D eigenvalue weighted by molar-refractivity contribution is 0.478. The molecule has 0 aliphatic carbocycles. The highest BCUT2D eigenvalue weighted by Gasteiger charge is 2.30. The molecule has 1 atom stereocenters. The first-order valence-electron chi connectivity index (χ1n) is 14.0. The van der Waals surface area contributed by atoms with Gasteiger partial charge in [0.15, 0.2) is 0 Å². The molecule has 0 N–H and O–H groups in total. The maximum absolute atomic E-state index is 7.24. The van der Waals surface area contributed by atoms with Gasteiger partial charge in [0.05, 0.1) is 7.85 Å². The second-order valence-corrected chi connectivity index (χ2v) is 10.8. The maximum Gasteiger partial charge on any atom is 0.0810 e. The van der Waals surface area contributed by atoms with E-state index in [9.17, 15) is 0 Å². The Morgan fingerprint density at radius 3 is 1.43 bits per heavy atom. The second-order valence-electron chi connectivity index (χ2n) is 10.8. The topological polar surface area (TPSA) is 0 Å². The molecule has 4 aromatic carbocycles. The molecule has 0 spiro atoms. The van der Waals surface area contributed by atoms with Crippen molar-refractivity contribution in [3.05, 3.63) is 107 Å². The summed E-state index contributed by atoms with van der Waals surface area (Å²) in [6.45, 7) is 13.7. The average molecular weight is 485 g/mol. The van der Waals surface area contributed by atoms with Gasteiger partial charge in [0.2, 0.25) is 0 Å². The van der Waals surface area contributed by atoms with Crippen molar-refractivity contribution in [2.45, 2.75) is 79.0 Å². The largest absolute Gasteiger partial charge is 0.0810 e. The number of hydrogen-bond donors (Lipinski definition) is 0. The fourth-order valence-corrected chi connectivity index (χ4v) is 6.17. The molecular formula is C36H41B. The maximum atomic E-state index is 7.24. The molecule has 0 heterocycles. The van der Waals surface area contributed by atoms with E-state index in [1.54, 1.807) is 0 Å². The van der Waals surface area contributed by atoms with Crippen LogP contribution in [0.5, 0.6) is 0 Å². The summed E-state index contributed by atoms with van der Waals surface area (Å²) in [6, 6.07) is 28.5. The summed E-state index contributed by atoms with van der Waals surface area (Å²) in [5.74, 6) is 0. The van der Waals surface area contributed by atoms with Crippen LogP contribution in [0.25, 0.3) is 33.4 Å². The van der Waals surface area contributed by atoms with Gasteiger partial charge in [-0.05, 0) is 112 Å². The van der Waals surface area contributed by atoms with Crippen LogP contribution in [0.2, 0.25) is 0 Å². The number of rotatable bonds is 9. The van der Waals surface area contributed by atoms with Gasteiger partial charge in [-0.3, -0.25) is 0 Å². The molecule has 1 unspecified atom stereocenters. The molecule has 2 radical (unpaired) electrons. The Kier molecular flexibility index (Phi) is 8.43. The van der Waals surface area contributed by atoms with Gasteiger partial charge < -0.3 is 0 Å². The SMILES string of the molecule is [B]C(CCC)(CCCC)c1c(C)c(C)c(-c2cc(-c3ccccc3)cc(-c3ccccc3)c2)c(C)c1C. The molecular weight excluding hydrogens is 443 g/mol. The van der Waals surface area contributed by atoms with Gasteiger partial charge in [-0.2, -0.15) is 0 Å². The van der Waals surface area contributed by atoms with Crippen LogP contribution < -0.4 is 0 Å². The minimum Gasteiger partial charge on any atom is -0.0654 e. The molecule has 0 saturated carbocycles. The third kappa shape index (κ3) is 5.47. The van der Waals surface area contributed by atoms with E-state index in [1.165, 1.54) is 67.6 Å². The fourth-order valence-electron chi connectivity index (χ4n) is 6.17. The third-order valence-corrected chi connectivity index (χ3v) is 8.23. The molecule has 4 aromatic rings. The van der Waals surface area contributed by atoms with Crippen LogP contribution in [0.3, 0.4) is 0 Å². The number of unbranched alkanes of at least 4 members (excludes halogenated alkanes) is 1. The molecule has 0 saturated heterocycles. The Morgan fingerprint density at radius 1 is 0.541 bits per heavy atom. The minimum atomic E-state index is -0.270. The van der Waals surface area contributed by atoms with E-state index in [0.29, 0.717) is 0 Å². The summed E-state index contributed by atoms with van der Waals surface area (Å²) in [5, 5.41) is -0.270. The summed E-state index contributed by atoms with van der Waals surface area (Å²) in [6.07, 6.45) is 5.49. The highest BCUT2D eigenvalue weighted by molar-refractivity contribution is 6.16. The van der Waals surface area contributed by atoms with Gasteiger partial charge in [-0.15, -0.1) is 0 Å². The molecule has 37 heavy (non-hydrogen) atoms. The zero-order valence-corrected chi connectivity index (χ0v) is 23.6. The molecule has 0 aliphatic heterocycles. The van der Waals surface area contributed by atoms with Crippen molar-refractivity contribution in [2.24, 2.45) is 0 Å². The van der Waals surface area contributed by atoms with E-state index >= 15 is 0 Å². The van der Waals surface area contributed by atoms with E-state index in [4.69, 9.17) is 7.85 Å². The third-order valence-electron chi connectivity index (χ3n) is 8.23. The summed E-state index contributed by atoms with van der Waals surface area (Å²) < 4.78 is 0. The van der Waals surface area contributed by atoms with E-state index in [2.05, 4.69) is 120 Å². The quantitative estimate of drug-likeness (QED) is 0.207. The predicted molar refractivity (Wildman–Crippen MR) is 164 cm³/mol. The molecule has 0 fully saturated rings. The summed E-state index contributed by atoms with van der Waals surface area (Å²) >= 11 is 0. The van der Waals surface area contributed by atoms with Crippen LogP contribution in [0.1, 0.15) is 73.8 Å². The Balaban J connectivity index is 1.96. The molecule has 188 valence electrons. The smallest absolute Gasteiger partial charge is 0.0654 e. The standard InChI is InChI=1S/C36H41B/c1-7-9-21-36(37,20-8-2)35-27(5)25(3)34(26(4)28(35)6)33-23-31(29-16-12-10-13-17-29)22-32(24-33)30-18-14-11-15-19-30/h10-19,22-24H,7-9,20-21H2,1-6H3. The zero-order valence-electron chi connectivity index (χ0n) is 23.6. The lowest BCUT2D eigenvalue weighted by atomic mass is 9.56. The van der Waals surface area contributed by atoms with Crippen molar-refractivity contribution in [1.82, 2.24) is 0 Å². The Bertz CT molecular complexity index is 1260. The molecule has 0 aromatic heterocycles. The molecule has 0 amide bonds. The van der Waals surface area contributed by atoms with Crippen molar-refractivity contribution in [2.75, 3.05) is 0 Å². The lowest BCUT2D eigenvalue weighted by Gasteiger charge is -2.36. The Labute approximate surface area is 226 Å². The first kappa shape index (κ1) is 27.0. The Morgan fingerprint density at radius 2 is 1.00 bits per heavy atom. The highest BCUT2D eigenvalue weighted by atomic mass is 14.3. The van der Waals surface area contributed by atoms with Crippen molar-refractivity contribution < 1.29 is 0 Å². The van der Waals surface area contributed by atoms with Crippen LogP contribution in [0, 0.1) is 27.7 Å². The van der Waals surface area contributed by atoms with Crippen LogP contribution in [0.4, 0.5) is 0 Å². The van der Waals surface area contributed by atoms with E-state index < -0.39 is 0 Å². The van der Waals surface area contributed by atoms with E-state index in [-0.39, 0.29) is 5.31 Å². The van der Waals surface area contributed by atoms with Crippen LogP contribution in [0.15, 0.2) is 78.9 Å². The van der Waals surface area contributed by atoms with Gasteiger partial charge >= 0.3 is 0 Å². The highest BCUT2D eigenvalue weighted by Crippen LogP contribution is 2.43. The van der Waals surface area contributed by atoms with Gasteiger partial charge in [-0.25, -0.2) is 0 Å². The predicted octanol–water partition coefficient (Wildman–Crippen LogP) is 10.3.